The average Bonchev–Trinajstić information content (AvgIpc) is 2.12. The van der Waals surface area contributed by atoms with Crippen LogP contribution in [0.3, 0.4) is 0 Å². The van der Waals surface area contributed by atoms with Crippen molar-refractivity contribution in [1.82, 2.24) is 9.55 Å². The van der Waals surface area contributed by atoms with Crippen molar-refractivity contribution < 1.29 is 29.6 Å². The van der Waals surface area contributed by atoms with Crippen LogP contribution in [0, 0.1) is 6.20 Å². The van der Waals surface area contributed by atoms with Gasteiger partial charge in [0, 0.05) is 0 Å². The largest absolute Gasteiger partial charge is 1.00 e. The van der Waals surface area contributed by atoms with Gasteiger partial charge in [-0.05, 0) is 19.9 Å². The minimum atomic E-state index is 0. The summed E-state index contributed by atoms with van der Waals surface area (Å²) in [7, 11) is 0. The molecule has 1 aromatic rings. The minimum Gasteiger partial charge on any atom is -0.499 e. The molecule has 0 unspecified atom stereocenters. The molecule has 0 radical (unpaired) electrons. The van der Waals surface area contributed by atoms with Gasteiger partial charge in [-0.15, -0.1) is 0 Å². The summed E-state index contributed by atoms with van der Waals surface area (Å²) < 4.78 is 1.93. The zero-order chi connectivity index (χ0) is 5.98. The fourth-order valence-corrected chi connectivity index (χ4v) is 0.521. The first-order valence-corrected chi connectivity index (χ1v) is 2.70. The monoisotopic (exact) mass is 132 g/mol. The Morgan fingerprint density at radius 2 is 2.22 bits per heavy atom. The van der Waals surface area contributed by atoms with Crippen LogP contribution in [0.5, 0.6) is 0 Å². The van der Waals surface area contributed by atoms with E-state index in [-0.39, 0.29) is 29.6 Å². The van der Waals surface area contributed by atoms with Gasteiger partial charge in [0.1, 0.15) is 0 Å². The van der Waals surface area contributed by atoms with Crippen molar-refractivity contribution >= 4 is 0 Å². The standard InChI is InChI=1S/C6H9N2.Na/c1-6(2)8-4-3-7-5-8;/h3,5-6H,1-2H3;/q-1;+1. The predicted octanol–water partition coefficient (Wildman–Crippen LogP) is -1.73. The number of imidazole rings is 1. The average molecular weight is 132 g/mol. The number of hydrogen-bond acceptors (Lipinski definition) is 1. The van der Waals surface area contributed by atoms with Crippen molar-refractivity contribution in [3.63, 3.8) is 0 Å². The molecule has 0 aromatic carbocycles. The molecule has 0 aliphatic heterocycles. The van der Waals surface area contributed by atoms with Crippen LogP contribution in [0.4, 0.5) is 0 Å². The Bertz CT molecular complexity index is 146. The second-order valence-corrected chi connectivity index (χ2v) is 2.02. The molecule has 0 spiro atoms. The predicted molar refractivity (Wildman–Crippen MR) is 31.4 cm³/mol. The quantitative estimate of drug-likeness (QED) is 0.328. The van der Waals surface area contributed by atoms with Crippen LogP contribution in [0.1, 0.15) is 19.9 Å². The van der Waals surface area contributed by atoms with Gasteiger partial charge in [0.2, 0.25) is 0 Å². The molecule has 3 heteroatoms. The first-order valence-electron chi connectivity index (χ1n) is 2.70. The van der Waals surface area contributed by atoms with Gasteiger partial charge < -0.3 is 9.55 Å². The van der Waals surface area contributed by atoms with E-state index in [9.17, 15) is 0 Å². The van der Waals surface area contributed by atoms with Crippen LogP contribution >= 0.6 is 0 Å². The Labute approximate surface area is 77.6 Å². The van der Waals surface area contributed by atoms with Crippen LogP contribution in [0.2, 0.25) is 0 Å². The molecular weight excluding hydrogens is 123 g/mol. The van der Waals surface area contributed by atoms with Crippen LogP contribution in [-0.4, -0.2) is 9.55 Å². The molecule has 1 heterocycles. The Morgan fingerprint density at radius 3 is 2.44 bits per heavy atom. The van der Waals surface area contributed by atoms with Crippen molar-refractivity contribution in [3.8, 4) is 0 Å². The van der Waals surface area contributed by atoms with Crippen molar-refractivity contribution in [1.29, 1.82) is 0 Å². The second kappa shape index (κ2) is 4.09. The Kier molecular flexibility index (Phi) is 4.19. The summed E-state index contributed by atoms with van der Waals surface area (Å²) in [4.78, 5) is 3.85. The summed E-state index contributed by atoms with van der Waals surface area (Å²) >= 11 is 0. The number of nitrogens with zero attached hydrogens (tertiary/aromatic N) is 2. The maximum atomic E-state index is 3.85. The summed E-state index contributed by atoms with van der Waals surface area (Å²) in [5.74, 6) is 0. The third-order valence-electron chi connectivity index (χ3n) is 1.03. The fraction of sp³-hybridized carbons (Fsp3) is 0.500. The van der Waals surface area contributed by atoms with Crippen molar-refractivity contribution in [2.24, 2.45) is 0 Å². The number of hydrogen-bond donors (Lipinski definition) is 0. The third-order valence-corrected chi connectivity index (χ3v) is 1.03. The zero-order valence-corrected chi connectivity index (χ0v) is 8.13. The molecule has 0 saturated heterocycles. The maximum Gasteiger partial charge on any atom is 1.00 e. The van der Waals surface area contributed by atoms with Crippen LogP contribution in [0.25, 0.3) is 0 Å². The van der Waals surface area contributed by atoms with Crippen molar-refractivity contribution in [2.45, 2.75) is 19.9 Å². The Hall–Kier alpha value is 0.210. The molecule has 1 aromatic heterocycles. The van der Waals surface area contributed by atoms with Gasteiger partial charge in [-0.3, -0.25) is 0 Å². The van der Waals surface area contributed by atoms with E-state index in [1.54, 1.807) is 12.5 Å². The Morgan fingerprint density at radius 1 is 1.56 bits per heavy atom. The molecule has 0 N–H and O–H groups in total. The van der Waals surface area contributed by atoms with Gasteiger partial charge in [-0.2, -0.15) is 6.20 Å². The van der Waals surface area contributed by atoms with Gasteiger partial charge in [-0.25, -0.2) is 0 Å². The van der Waals surface area contributed by atoms with E-state index in [2.05, 4.69) is 25.0 Å². The van der Waals surface area contributed by atoms with Crippen LogP contribution in [-0.2, 0) is 0 Å². The second-order valence-electron chi connectivity index (χ2n) is 2.02. The zero-order valence-electron chi connectivity index (χ0n) is 6.13. The normalized spacial score (nSPS) is 9.22. The van der Waals surface area contributed by atoms with E-state index in [4.69, 9.17) is 0 Å². The molecule has 2 nitrogen and oxygen atoms in total. The molecular formula is C6H9N2Na. The van der Waals surface area contributed by atoms with E-state index in [1.165, 1.54) is 0 Å². The van der Waals surface area contributed by atoms with Crippen molar-refractivity contribution in [3.05, 3.63) is 18.7 Å². The molecule has 1 rings (SSSR count). The summed E-state index contributed by atoms with van der Waals surface area (Å²) in [6, 6.07) is 0.484. The van der Waals surface area contributed by atoms with E-state index in [1.807, 2.05) is 4.57 Å². The summed E-state index contributed by atoms with van der Waals surface area (Å²) in [6.07, 6.45) is 6.38. The summed E-state index contributed by atoms with van der Waals surface area (Å²) in [5, 5.41) is 0. The van der Waals surface area contributed by atoms with Crippen LogP contribution < -0.4 is 29.6 Å². The molecule has 0 saturated carbocycles. The van der Waals surface area contributed by atoms with E-state index in [0.29, 0.717) is 6.04 Å². The molecule has 0 bridgehead atoms. The molecule has 0 amide bonds. The van der Waals surface area contributed by atoms with E-state index < -0.39 is 0 Å². The van der Waals surface area contributed by atoms with Crippen molar-refractivity contribution in [2.75, 3.05) is 0 Å². The molecule has 44 valence electrons. The van der Waals surface area contributed by atoms with Gasteiger partial charge in [-0.1, -0.05) is 12.5 Å². The third kappa shape index (κ3) is 2.52. The van der Waals surface area contributed by atoms with Gasteiger partial charge >= 0.3 is 29.6 Å². The maximum absolute atomic E-state index is 3.85. The van der Waals surface area contributed by atoms with E-state index >= 15 is 0 Å². The summed E-state index contributed by atoms with van der Waals surface area (Å²) in [5.41, 5.74) is 0. The molecule has 0 aliphatic rings. The minimum absolute atomic E-state index is 0. The molecule has 0 atom stereocenters. The molecule has 0 fully saturated rings. The first kappa shape index (κ1) is 9.21. The van der Waals surface area contributed by atoms with Gasteiger partial charge in [0.05, 0.1) is 0 Å². The number of aromatic nitrogens is 2. The van der Waals surface area contributed by atoms with E-state index in [0.717, 1.165) is 0 Å². The Balaban J connectivity index is 0.000000640. The smallest absolute Gasteiger partial charge is 0.499 e. The van der Waals surface area contributed by atoms with Crippen LogP contribution in [0.15, 0.2) is 12.5 Å². The fourth-order valence-electron chi connectivity index (χ4n) is 0.521. The SMILES string of the molecule is CC(C)n1[c-]cnc1.[Na+]. The number of rotatable bonds is 1. The van der Waals surface area contributed by atoms with Gasteiger partial charge in [0.25, 0.3) is 0 Å². The summed E-state index contributed by atoms with van der Waals surface area (Å²) in [6.45, 7) is 4.19. The van der Waals surface area contributed by atoms with Gasteiger partial charge in [0.15, 0.2) is 0 Å². The topological polar surface area (TPSA) is 17.8 Å². The molecule has 9 heavy (non-hydrogen) atoms. The first-order chi connectivity index (χ1) is 3.80. The molecule has 0 aliphatic carbocycles.